The maximum atomic E-state index is 12.5. The molecule has 1 fully saturated rings. The van der Waals surface area contributed by atoms with Gasteiger partial charge in [-0.05, 0) is 37.3 Å². The van der Waals surface area contributed by atoms with Gasteiger partial charge in [-0.3, -0.25) is 14.9 Å². The third-order valence-corrected chi connectivity index (χ3v) is 5.41. The SMILES string of the molecule is CS(=O)(=O)c1cn[nH]c1C[C@@H]1CCCN(C(=O)c2ccccn2)C1. The summed E-state index contributed by atoms with van der Waals surface area (Å²) in [5.41, 5.74) is 1.06. The maximum Gasteiger partial charge on any atom is 0.272 e. The zero-order valence-electron chi connectivity index (χ0n) is 13.5. The highest BCUT2D eigenvalue weighted by Gasteiger charge is 2.27. The van der Waals surface area contributed by atoms with Crippen molar-refractivity contribution in [3.05, 3.63) is 42.0 Å². The van der Waals surface area contributed by atoms with E-state index in [0.717, 1.165) is 12.8 Å². The first-order valence-corrected chi connectivity index (χ1v) is 9.77. The second kappa shape index (κ2) is 6.72. The summed E-state index contributed by atoms with van der Waals surface area (Å²) in [6.07, 6.45) is 6.55. The number of piperidine rings is 1. The molecule has 3 rings (SSSR count). The summed E-state index contributed by atoms with van der Waals surface area (Å²) in [4.78, 5) is 18.7. The summed E-state index contributed by atoms with van der Waals surface area (Å²) in [6.45, 7) is 1.30. The smallest absolute Gasteiger partial charge is 0.272 e. The van der Waals surface area contributed by atoms with Crippen LogP contribution in [0.1, 0.15) is 29.0 Å². The lowest BCUT2D eigenvalue weighted by molar-refractivity contribution is 0.0666. The molecular weight excluding hydrogens is 328 g/mol. The van der Waals surface area contributed by atoms with Crippen LogP contribution >= 0.6 is 0 Å². The summed E-state index contributed by atoms with van der Waals surface area (Å²) in [5, 5.41) is 6.65. The van der Waals surface area contributed by atoms with Crippen molar-refractivity contribution >= 4 is 15.7 Å². The number of nitrogens with one attached hydrogen (secondary N) is 1. The molecule has 1 aliphatic heterocycles. The molecule has 8 heteroatoms. The third kappa shape index (κ3) is 3.64. The van der Waals surface area contributed by atoms with Gasteiger partial charge in [-0.1, -0.05) is 6.07 Å². The van der Waals surface area contributed by atoms with Gasteiger partial charge < -0.3 is 4.90 Å². The van der Waals surface area contributed by atoms with E-state index < -0.39 is 9.84 Å². The molecule has 1 saturated heterocycles. The molecule has 1 atom stereocenters. The predicted octanol–water partition coefficient (Wildman–Crippen LogP) is 1.30. The molecule has 24 heavy (non-hydrogen) atoms. The molecule has 0 spiro atoms. The molecule has 128 valence electrons. The van der Waals surface area contributed by atoms with Gasteiger partial charge in [-0.2, -0.15) is 5.10 Å². The zero-order valence-corrected chi connectivity index (χ0v) is 14.3. The van der Waals surface area contributed by atoms with Crippen LogP contribution in [0.3, 0.4) is 0 Å². The number of sulfone groups is 1. The maximum absolute atomic E-state index is 12.5. The van der Waals surface area contributed by atoms with Gasteiger partial charge >= 0.3 is 0 Å². The Morgan fingerprint density at radius 3 is 2.96 bits per heavy atom. The fourth-order valence-electron chi connectivity index (χ4n) is 3.12. The van der Waals surface area contributed by atoms with Crippen LogP contribution in [0.2, 0.25) is 0 Å². The minimum absolute atomic E-state index is 0.0757. The molecule has 2 aromatic heterocycles. The second-order valence-electron chi connectivity index (χ2n) is 6.16. The van der Waals surface area contributed by atoms with Gasteiger partial charge in [0.2, 0.25) is 0 Å². The number of likely N-dealkylation sites (tertiary alicyclic amines) is 1. The number of carbonyl (C=O) groups is 1. The Labute approximate surface area is 141 Å². The van der Waals surface area contributed by atoms with E-state index in [1.54, 1.807) is 29.3 Å². The van der Waals surface area contributed by atoms with E-state index in [1.807, 2.05) is 0 Å². The summed E-state index contributed by atoms with van der Waals surface area (Å²) in [7, 11) is -3.30. The van der Waals surface area contributed by atoms with Crippen LogP contribution in [0.4, 0.5) is 0 Å². The Bertz CT molecular complexity index is 817. The molecule has 7 nitrogen and oxygen atoms in total. The third-order valence-electron chi connectivity index (χ3n) is 4.26. The second-order valence-corrected chi connectivity index (χ2v) is 8.15. The molecule has 0 aromatic carbocycles. The van der Waals surface area contributed by atoms with E-state index in [0.29, 0.717) is 30.9 Å². The van der Waals surface area contributed by atoms with E-state index in [9.17, 15) is 13.2 Å². The van der Waals surface area contributed by atoms with Crippen molar-refractivity contribution in [1.82, 2.24) is 20.1 Å². The predicted molar refractivity (Wildman–Crippen MR) is 88.3 cm³/mol. The molecule has 1 aliphatic rings. The number of carbonyl (C=O) groups excluding carboxylic acids is 1. The number of rotatable bonds is 4. The van der Waals surface area contributed by atoms with Crippen molar-refractivity contribution in [3.8, 4) is 0 Å². The van der Waals surface area contributed by atoms with Gasteiger partial charge in [0.1, 0.15) is 10.6 Å². The lowest BCUT2D eigenvalue weighted by Crippen LogP contribution is -2.41. The monoisotopic (exact) mass is 348 g/mol. The van der Waals surface area contributed by atoms with Crippen LogP contribution in [0.5, 0.6) is 0 Å². The van der Waals surface area contributed by atoms with E-state index in [4.69, 9.17) is 0 Å². The highest BCUT2D eigenvalue weighted by atomic mass is 32.2. The zero-order chi connectivity index (χ0) is 17.2. The first kappa shape index (κ1) is 16.6. The molecular formula is C16H20N4O3S. The Balaban J connectivity index is 1.71. The van der Waals surface area contributed by atoms with Gasteiger partial charge in [0.05, 0.1) is 11.9 Å². The summed E-state index contributed by atoms with van der Waals surface area (Å²) >= 11 is 0. The van der Waals surface area contributed by atoms with Crippen LogP contribution in [0.25, 0.3) is 0 Å². The number of aromatic amines is 1. The van der Waals surface area contributed by atoms with Crippen LogP contribution < -0.4 is 0 Å². The molecule has 0 aliphatic carbocycles. The van der Waals surface area contributed by atoms with Gasteiger partial charge in [-0.25, -0.2) is 8.42 Å². The van der Waals surface area contributed by atoms with Crippen molar-refractivity contribution in [2.75, 3.05) is 19.3 Å². The molecule has 0 saturated carbocycles. The molecule has 0 radical (unpaired) electrons. The summed E-state index contributed by atoms with van der Waals surface area (Å²) in [5.74, 6) is 0.126. The molecule has 1 amide bonds. The highest BCUT2D eigenvalue weighted by molar-refractivity contribution is 7.90. The van der Waals surface area contributed by atoms with E-state index >= 15 is 0 Å². The molecule has 1 N–H and O–H groups in total. The van der Waals surface area contributed by atoms with Crippen LogP contribution in [0, 0.1) is 5.92 Å². The van der Waals surface area contributed by atoms with Crippen molar-refractivity contribution < 1.29 is 13.2 Å². The lowest BCUT2D eigenvalue weighted by atomic mass is 9.93. The van der Waals surface area contributed by atoms with Crippen molar-refractivity contribution in [1.29, 1.82) is 0 Å². The Hall–Kier alpha value is -2.22. The summed E-state index contributed by atoms with van der Waals surface area (Å²) < 4.78 is 23.6. The standard InChI is InChI=1S/C16H20N4O3S/c1-24(22,23)15-10-18-19-14(15)9-12-5-4-8-20(11-12)16(21)13-6-2-3-7-17-13/h2-3,6-7,10,12H,4-5,8-9,11H2,1H3,(H,18,19)/t12-/m0/s1. The van der Waals surface area contributed by atoms with Gasteiger partial charge in [0.25, 0.3) is 5.91 Å². The van der Waals surface area contributed by atoms with Crippen LogP contribution in [0.15, 0.2) is 35.5 Å². The highest BCUT2D eigenvalue weighted by Crippen LogP contribution is 2.24. The molecule has 3 heterocycles. The number of hydrogen-bond acceptors (Lipinski definition) is 5. The Morgan fingerprint density at radius 1 is 1.42 bits per heavy atom. The van der Waals surface area contributed by atoms with Crippen molar-refractivity contribution in [2.45, 2.75) is 24.2 Å². The van der Waals surface area contributed by atoms with Crippen molar-refractivity contribution in [2.24, 2.45) is 5.92 Å². The minimum atomic E-state index is -3.30. The van der Waals surface area contributed by atoms with Crippen LogP contribution in [-0.4, -0.2) is 53.8 Å². The average molecular weight is 348 g/mol. The molecule has 0 unspecified atom stereocenters. The largest absolute Gasteiger partial charge is 0.337 e. The lowest BCUT2D eigenvalue weighted by Gasteiger charge is -2.32. The average Bonchev–Trinajstić information content (AvgIpc) is 3.04. The molecule has 2 aromatic rings. The Kier molecular flexibility index (Phi) is 4.66. The quantitative estimate of drug-likeness (QED) is 0.898. The first-order chi connectivity index (χ1) is 11.4. The topological polar surface area (TPSA) is 96.0 Å². The number of amides is 1. The van der Waals surface area contributed by atoms with Gasteiger partial charge in [0.15, 0.2) is 9.84 Å². The number of nitrogens with zero attached hydrogens (tertiary/aromatic N) is 3. The van der Waals surface area contributed by atoms with E-state index in [1.165, 1.54) is 12.5 Å². The van der Waals surface area contributed by atoms with E-state index in [-0.39, 0.29) is 16.7 Å². The minimum Gasteiger partial charge on any atom is -0.337 e. The Morgan fingerprint density at radius 2 is 2.25 bits per heavy atom. The number of H-pyrrole nitrogens is 1. The number of hydrogen-bond donors (Lipinski definition) is 1. The van der Waals surface area contributed by atoms with Gasteiger partial charge in [0, 0.05) is 25.5 Å². The van der Waals surface area contributed by atoms with E-state index in [2.05, 4.69) is 15.2 Å². The first-order valence-electron chi connectivity index (χ1n) is 7.88. The van der Waals surface area contributed by atoms with Crippen LogP contribution in [-0.2, 0) is 16.3 Å². The van der Waals surface area contributed by atoms with Crippen molar-refractivity contribution in [3.63, 3.8) is 0 Å². The number of pyridine rings is 1. The fraction of sp³-hybridized carbons (Fsp3) is 0.438. The summed E-state index contributed by atoms with van der Waals surface area (Å²) in [6, 6.07) is 5.29. The fourth-order valence-corrected chi connectivity index (χ4v) is 3.94. The molecule has 0 bridgehead atoms. The van der Waals surface area contributed by atoms with Gasteiger partial charge in [-0.15, -0.1) is 0 Å². The normalized spacial score (nSPS) is 18.5. The number of aromatic nitrogens is 3.